The van der Waals surface area contributed by atoms with Crippen molar-refractivity contribution in [2.45, 2.75) is 9.79 Å². The topological polar surface area (TPSA) is 77.3 Å². The Kier molecular flexibility index (Phi) is 3.55. The monoisotopic (exact) mass is 297 g/mol. The van der Waals surface area contributed by atoms with Crippen molar-refractivity contribution in [3.8, 4) is 0 Å². The molecule has 0 saturated carbocycles. The third-order valence-corrected chi connectivity index (χ3v) is 4.52. The smallest absolute Gasteiger partial charge is 0.258 e. The molecule has 0 aliphatic carbocycles. The predicted octanol–water partition coefficient (Wildman–Crippen LogP) is 3.08. The molecule has 0 spiro atoms. The van der Waals surface area contributed by atoms with Gasteiger partial charge >= 0.3 is 0 Å². The average molecular weight is 298 g/mol. The van der Waals surface area contributed by atoms with Crippen molar-refractivity contribution in [3.05, 3.63) is 63.7 Å². The van der Waals surface area contributed by atoms with Crippen LogP contribution in [0.2, 0.25) is 5.02 Å². The Morgan fingerprint density at radius 1 is 0.895 bits per heavy atom. The molecular weight excluding hydrogens is 290 g/mol. The summed E-state index contributed by atoms with van der Waals surface area (Å²) in [4.78, 5) is 10.0. The van der Waals surface area contributed by atoms with Crippen molar-refractivity contribution in [3.63, 3.8) is 0 Å². The maximum atomic E-state index is 12.2. The van der Waals surface area contributed by atoms with Crippen LogP contribution in [0.15, 0.2) is 58.3 Å². The Morgan fingerprint density at radius 3 is 1.74 bits per heavy atom. The van der Waals surface area contributed by atoms with Crippen LogP contribution in [0.25, 0.3) is 0 Å². The van der Waals surface area contributed by atoms with E-state index in [9.17, 15) is 18.5 Å². The lowest BCUT2D eigenvalue weighted by atomic mass is 10.3. The first-order valence-electron chi connectivity index (χ1n) is 5.16. The summed E-state index contributed by atoms with van der Waals surface area (Å²) in [5, 5.41) is 10.9. The number of hydrogen-bond acceptors (Lipinski definition) is 4. The standard InChI is InChI=1S/C12H8ClNO4S/c13-9-1-5-11(6-2-9)19(17,18)12-7-3-10(4-8-12)14(15)16/h1-8H. The lowest BCUT2D eigenvalue weighted by Gasteiger charge is -2.04. The second-order valence-corrected chi connectivity index (χ2v) is 6.09. The van der Waals surface area contributed by atoms with E-state index in [1.54, 1.807) is 0 Å². The molecular formula is C12H8ClNO4S. The minimum Gasteiger partial charge on any atom is -0.258 e. The summed E-state index contributed by atoms with van der Waals surface area (Å²) in [5.41, 5.74) is -0.157. The van der Waals surface area contributed by atoms with Crippen LogP contribution >= 0.6 is 11.6 Å². The highest BCUT2D eigenvalue weighted by molar-refractivity contribution is 7.91. The van der Waals surface area contributed by atoms with Crippen molar-refractivity contribution in [1.82, 2.24) is 0 Å². The Labute approximate surface area is 114 Å². The van der Waals surface area contributed by atoms with Gasteiger partial charge in [-0.25, -0.2) is 8.42 Å². The van der Waals surface area contributed by atoms with E-state index >= 15 is 0 Å². The summed E-state index contributed by atoms with van der Waals surface area (Å²) in [6.07, 6.45) is 0. The van der Waals surface area contributed by atoms with Crippen LogP contribution in [0.4, 0.5) is 5.69 Å². The molecule has 0 fully saturated rings. The van der Waals surface area contributed by atoms with Crippen molar-refractivity contribution >= 4 is 27.1 Å². The number of hydrogen-bond donors (Lipinski definition) is 0. The highest BCUT2D eigenvalue weighted by atomic mass is 35.5. The van der Waals surface area contributed by atoms with Crippen molar-refractivity contribution in [2.75, 3.05) is 0 Å². The van der Waals surface area contributed by atoms with Gasteiger partial charge in [0.25, 0.3) is 5.69 Å². The van der Waals surface area contributed by atoms with E-state index in [1.807, 2.05) is 0 Å². The molecule has 2 aromatic rings. The van der Waals surface area contributed by atoms with Crippen LogP contribution in [-0.2, 0) is 9.84 Å². The van der Waals surface area contributed by atoms with Crippen molar-refractivity contribution in [2.24, 2.45) is 0 Å². The van der Waals surface area contributed by atoms with Crippen molar-refractivity contribution < 1.29 is 13.3 Å². The maximum absolute atomic E-state index is 12.2. The van der Waals surface area contributed by atoms with E-state index in [-0.39, 0.29) is 15.5 Å². The summed E-state index contributed by atoms with van der Waals surface area (Å²) < 4.78 is 24.4. The molecule has 5 nitrogen and oxygen atoms in total. The number of nitro benzene ring substituents is 1. The SMILES string of the molecule is O=[N+]([O-])c1ccc(S(=O)(=O)c2ccc(Cl)cc2)cc1. The van der Waals surface area contributed by atoms with E-state index in [0.29, 0.717) is 5.02 Å². The molecule has 0 aliphatic rings. The summed E-state index contributed by atoms with van der Waals surface area (Å²) in [6.45, 7) is 0. The molecule has 0 aromatic heterocycles. The van der Waals surface area contributed by atoms with E-state index in [2.05, 4.69) is 0 Å². The molecule has 0 atom stereocenters. The molecule has 0 heterocycles. The summed E-state index contributed by atoms with van der Waals surface area (Å²) in [6, 6.07) is 10.5. The zero-order chi connectivity index (χ0) is 14.0. The summed E-state index contributed by atoms with van der Waals surface area (Å²) in [5.74, 6) is 0. The van der Waals surface area contributed by atoms with Crippen LogP contribution in [0.1, 0.15) is 0 Å². The zero-order valence-corrected chi connectivity index (χ0v) is 11.1. The number of non-ortho nitro benzene ring substituents is 1. The van der Waals surface area contributed by atoms with Crippen LogP contribution in [-0.4, -0.2) is 13.3 Å². The lowest BCUT2D eigenvalue weighted by molar-refractivity contribution is -0.384. The summed E-state index contributed by atoms with van der Waals surface area (Å²) >= 11 is 5.69. The molecule has 0 radical (unpaired) electrons. The van der Waals surface area contributed by atoms with Gasteiger partial charge in [-0.3, -0.25) is 10.1 Å². The minimum absolute atomic E-state index is 0.000391. The normalized spacial score (nSPS) is 11.2. The maximum Gasteiger partial charge on any atom is 0.269 e. The fourth-order valence-electron chi connectivity index (χ4n) is 1.50. The van der Waals surface area contributed by atoms with Crippen LogP contribution in [0.3, 0.4) is 0 Å². The molecule has 2 rings (SSSR count). The van der Waals surface area contributed by atoms with Gasteiger partial charge in [0.05, 0.1) is 14.7 Å². The van der Waals surface area contributed by atoms with Gasteiger partial charge in [0, 0.05) is 17.2 Å². The number of halogens is 1. The van der Waals surface area contributed by atoms with Crippen molar-refractivity contribution in [1.29, 1.82) is 0 Å². The number of nitro groups is 1. The van der Waals surface area contributed by atoms with Crippen LogP contribution in [0.5, 0.6) is 0 Å². The molecule has 0 amide bonds. The van der Waals surface area contributed by atoms with E-state index in [4.69, 9.17) is 11.6 Å². The van der Waals surface area contributed by atoms with Gasteiger partial charge in [-0.15, -0.1) is 0 Å². The van der Waals surface area contributed by atoms with Gasteiger partial charge in [-0.1, -0.05) is 11.6 Å². The molecule has 0 unspecified atom stereocenters. The molecule has 7 heteroatoms. The van der Waals surface area contributed by atoms with Gasteiger partial charge in [-0.05, 0) is 36.4 Å². The Bertz CT molecular complexity index is 708. The second kappa shape index (κ2) is 4.99. The molecule has 0 saturated heterocycles. The second-order valence-electron chi connectivity index (χ2n) is 3.71. The quantitative estimate of drug-likeness (QED) is 0.644. The number of rotatable bonds is 3. The summed E-state index contributed by atoms with van der Waals surface area (Å²) in [7, 11) is -3.68. The van der Waals surface area contributed by atoms with Crippen LogP contribution < -0.4 is 0 Å². The lowest BCUT2D eigenvalue weighted by Crippen LogP contribution is -2.01. The van der Waals surface area contributed by atoms with E-state index in [0.717, 1.165) is 12.1 Å². The highest BCUT2D eigenvalue weighted by Gasteiger charge is 2.18. The molecule has 19 heavy (non-hydrogen) atoms. The minimum atomic E-state index is -3.68. The van der Waals surface area contributed by atoms with Gasteiger partial charge in [0.15, 0.2) is 0 Å². The Hall–Kier alpha value is -1.92. The number of benzene rings is 2. The largest absolute Gasteiger partial charge is 0.269 e. The third kappa shape index (κ3) is 2.74. The van der Waals surface area contributed by atoms with Crippen LogP contribution in [0, 0.1) is 10.1 Å². The average Bonchev–Trinajstić information content (AvgIpc) is 2.39. The first-order valence-corrected chi connectivity index (χ1v) is 7.02. The van der Waals surface area contributed by atoms with E-state index in [1.165, 1.54) is 36.4 Å². The van der Waals surface area contributed by atoms with Gasteiger partial charge in [0.1, 0.15) is 0 Å². The molecule has 0 N–H and O–H groups in total. The molecule has 2 aromatic carbocycles. The Balaban J connectivity index is 2.44. The van der Waals surface area contributed by atoms with Gasteiger partial charge in [0.2, 0.25) is 9.84 Å². The van der Waals surface area contributed by atoms with Gasteiger partial charge in [-0.2, -0.15) is 0 Å². The molecule has 0 bridgehead atoms. The zero-order valence-electron chi connectivity index (χ0n) is 9.49. The van der Waals surface area contributed by atoms with E-state index < -0.39 is 14.8 Å². The van der Waals surface area contributed by atoms with Gasteiger partial charge < -0.3 is 0 Å². The fourth-order valence-corrected chi connectivity index (χ4v) is 2.88. The molecule has 98 valence electrons. The third-order valence-electron chi connectivity index (χ3n) is 2.48. The highest BCUT2D eigenvalue weighted by Crippen LogP contribution is 2.24. The number of nitrogens with zero attached hydrogens (tertiary/aromatic N) is 1. The molecule has 0 aliphatic heterocycles. The first-order chi connectivity index (χ1) is 8.91. The Morgan fingerprint density at radius 2 is 1.32 bits per heavy atom. The first kappa shape index (κ1) is 13.5. The fraction of sp³-hybridized carbons (Fsp3) is 0. The number of sulfone groups is 1. The predicted molar refractivity (Wildman–Crippen MR) is 70.0 cm³/mol.